The number of amides is 1. The monoisotopic (exact) mass is 319 g/mol. The van der Waals surface area contributed by atoms with Gasteiger partial charge in [0.25, 0.3) is 0 Å². The first-order valence-electron chi connectivity index (χ1n) is 5.85. The van der Waals surface area contributed by atoms with Crippen molar-refractivity contribution in [2.75, 3.05) is 0 Å². The zero-order valence-electron chi connectivity index (χ0n) is 11.2. The Morgan fingerprint density at radius 2 is 2.10 bits per heavy atom. The summed E-state index contributed by atoms with van der Waals surface area (Å²) in [4.78, 5) is 20.0. The van der Waals surface area contributed by atoms with E-state index < -0.39 is 12.1 Å². The number of nitrogens with one attached hydrogen (secondary N) is 1. The average molecular weight is 320 g/mol. The van der Waals surface area contributed by atoms with Gasteiger partial charge >= 0.3 is 6.09 Å². The Balaban J connectivity index is 3.15. The van der Waals surface area contributed by atoms with Crippen molar-refractivity contribution in [3.8, 4) is 0 Å². The number of carbonyl (C=O) groups is 1. The number of pyridine rings is 1. The standard InChI is InChI=1S/C12H15Cl2N3O3/c1-6(2)20-17-10(7(3)16-12(18)19)11-9(14)4-8(13)5-15-11/h4-7,16H,1-3H3,(H,18,19). The summed E-state index contributed by atoms with van der Waals surface area (Å²) < 4.78 is 0. The molecule has 20 heavy (non-hydrogen) atoms. The molecule has 0 saturated carbocycles. The molecule has 1 rings (SSSR count). The number of aromatic nitrogens is 1. The van der Waals surface area contributed by atoms with Crippen LogP contribution in [-0.2, 0) is 4.84 Å². The molecular formula is C12H15Cl2N3O3. The lowest BCUT2D eigenvalue weighted by Crippen LogP contribution is -2.38. The molecule has 0 aromatic carbocycles. The van der Waals surface area contributed by atoms with Crippen LogP contribution in [0.3, 0.4) is 0 Å². The van der Waals surface area contributed by atoms with Crippen LogP contribution < -0.4 is 5.32 Å². The third-order valence-electron chi connectivity index (χ3n) is 2.16. The quantitative estimate of drug-likeness (QED) is 0.645. The average Bonchev–Trinajstić information content (AvgIpc) is 2.30. The van der Waals surface area contributed by atoms with E-state index in [4.69, 9.17) is 33.1 Å². The second kappa shape index (κ2) is 7.31. The topological polar surface area (TPSA) is 83.8 Å². The predicted octanol–water partition coefficient (Wildman–Crippen LogP) is 3.17. The van der Waals surface area contributed by atoms with Gasteiger partial charge in [-0.25, -0.2) is 4.79 Å². The van der Waals surface area contributed by atoms with Gasteiger partial charge in [0.15, 0.2) is 0 Å². The molecule has 0 aliphatic rings. The fraction of sp³-hybridized carbons (Fsp3) is 0.417. The molecule has 1 aromatic rings. The highest BCUT2D eigenvalue weighted by molar-refractivity contribution is 6.36. The Morgan fingerprint density at radius 3 is 2.60 bits per heavy atom. The lowest BCUT2D eigenvalue weighted by Gasteiger charge is -2.15. The van der Waals surface area contributed by atoms with E-state index in [1.807, 2.05) is 0 Å². The maximum atomic E-state index is 10.7. The zero-order valence-corrected chi connectivity index (χ0v) is 12.7. The fourth-order valence-corrected chi connectivity index (χ4v) is 1.82. The summed E-state index contributed by atoms with van der Waals surface area (Å²) in [6, 6.07) is 0.863. The second-order valence-corrected chi connectivity index (χ2v) is 5.13. The molecule has 1 atom stereocenters. The summed E-state index contributed by atoms with van der Waals surface area (Å²) in [7, 11) is 0. The zero-order chi connectivity index (χ0) is 15.3. The SMILES string of the molecule is CC(C)ON=C(c1ncc(Cl)cc1Cl)C(C)NC(=O)O. The minimum Gasteiger partial charge on any atom is -0.465 e. The molecule has 0 aliphatic carbocycles. The summed E-state index contributed by atoms with van der Waals surface area (Å²) in [5.41, 5.74) is 0.598. The van der Waals surface area contributed by atoms with Gasteiger partial charge in [-0.3, -0.25) is 4.98 Å². The molecule has 8 heteroatoms. The Hall–Kier alpha value is -1.53. The van der Waals surface area contributed by atoms with Crippen LogP contribution in [0.25, 0.3) is 0 Å². The molecule has 1 heterocycles. The van der Waals surface area contributed by atoms with Crippen molar-refractivity contribution in [2.24, 2.45) is 5.16 Å². The van der Waals surface area contributed by atoms with Gasteiger partial charge in [-0.15, -0.1) is 0 Å². The summed E-state index contributed by atoms with van der Waals surface area (Å²) in [6.07, 6.45) is 0.0640. The van der Waals surface area contributed by atoms with Gasteiger partial charge in [0.2, 0.25) is 0 Å². The molecule has 0 saturated heterocycles. The molecule has 0 spiro atoms. The first-order chi connectivity index (χ1) is 9.31. The molecule has 6 nitrogen and oxygen atoms in total. The molecule has 0 fully saturated rings. The van der Waals surface area contributed by atoms with Crippen LogP contribution in [0.4, 0.5) is 4.79 Å². The Bertz CT molecular complexity index is 521. The van der Waals surface area contributed by atoms with E-state index in [-0.39, 0.29) is 16.8 Å². The Morgan fingerprint density at radius 1 is 1.45 bits per heavy atom. The molecule has 110 valence electrons. The Labute approximate surface area is 126 Å². The number of oxime groups is 1. The van der Waals surface area contributed by atoms with Crippen LogP contribution in [0.2, 0.25) is 10.0 Å². The van der Waals surface area contributed by atoms with E-state index in [2.05, 4.69) is 15.5 Å². The number of carboxylic acid groups (broad SMARTS) is 1. The molecule has 1 amide bonds. The maximum absolute atomic E-state index is 10.7. The van der Waals surface area contributed by atoms with E-state index in [1.54, 1.807) is 20.8 Å². The van der Waals surface area contributed by atoms with Crippen LogP contribution in [0.5, 0.6) is 0 Å². The van der Waals surface area contributed by atoms with Gasteiger partial charge in [0, 0.05) is 6.20 Å². The summed E-state index contributed by atoms with van der Waals surface area (Å²) in [6.45, 7) is 5.21. The van der Waals surface area contributed by atoms with Crippen molar-refractivity contribution in [1.29, 1.82) is 0 Å². The van der Waals surface area contributed by atoms with Crippen LogP contribution in [0.1, 0.15) is 26.5 Å². The molecular weight excluding hydrogens is 305 g/mol. The fourth-order valence-electron chi connectivity index (χ4n) is 1.35. The minimum absolute atomic E-state index is 0.159. The van der Waals surface area contributed by atoms with Crippen LogP contribution in [0, 0.1) is 0 Å². The summed E-state index contributed by atoms with van der Waals surface area (Å²) in [5, 5.41) is 15.7. The molecule has 0 aliphatic heterocycles. The Kier molecular flexibility index (Phi) is 6.04. The largest absolute Gasteiger partial charge is 0.465 e. The number of halogens is 2. The number of hydrogen-bond acceptors (Lipinski definition) is 4. The third kappa shape index (κ3) is 4.86. The normalized spacial score (nSPS) is 13.2. The molecule has 0 bridgehead atoms. The number of hydrogen-bond donors (Lipinski definition) is 2. The van der Waals surface area contributed by atoms with Gasteiger partial charge in [-0.1, -0.05) is 28.4 Å². The van der Waals surface area contributed by atoms with Crippen molar-refractivity contribution >= 4 is 35.0 Å². The van der Waals surface area contributed by atoms with Crippen molar-refractivity contribution < 1.29 is 14.7 Å². The summed E-state index contributed by atoms with van der Waals surface area (Å²) in [5.74, 6) is 0. The van der Waals surface area contributed by atoms with E-state index >= 15 is 0 Å². The predicted molar refractivity (Wildman–Crippen MR) is 77.6 cm³/mol. The minimum atomic E-state index is -1.18. The van der Waals surface area contributed by atoms with Crippen molar-refractivity contribution in [3.05, 3.63) is 28.0 Å². The lowest BCUT2D eigenvalue weighted by atomic mass is 10.1. The number of rotatable bonds is 5. The highest BCUT2D eigenvalue weighted by atomic mass is 35.5. The van der Waals surface area contributed by atoms with Crippen molar-refractivity contribution in [2.45, 2.75) is 32.9 Å². The van der Waals surface area contributed by atoms with Gasteiger partial charge < -0.3 is 15.3 Å². The van der Waals surface area contributed by atoms with E-state index in [0.717, 1.165) is 0 Å². The van der Waals surface area contributed by atoms with Crippen molar-refractivity contribution in [1.82, 2.24) is 10.3 Å². The van der Waals surface area contributed by atoms with E-state index in [1.165, 1.54) is 12.3 Å². The van der Waals surface area contributed by atoms with Crippen LogP contribution >= 0.6 is 23.2 Å². The second-order valence-electron chi connectivity index (χ2n) is 4.29. The van der Waals surface area contributed by atoms with Gasteiger partial charge in [-0.2, -0.15) is 0 Å². The molecule has 0 radical (unpaired) electrons. The van der Waals surface area contributed by atoms with Gasteiger partial charge in [-0.05, 0) is 26.8 Å². The smallest absolute Gasteiger partial charge is 0.405 e. The van der Waals surface area contributed by atoms with E-state index in [0.29, 0.717) is 10.7 Å². The summed E-state index contributed by atoms with van der Waals surface area (Å²) >= 11 is 11.8. The van der Waals surface area contributed by atoms with Gasteiger partial charge in [0.1, 0.15) is 17.5 Å². The van der Waals surface area contributed by atoms with Crippen molar-refractivity contribution in [3.63, 3.8) is 0 Å². The molecule has 1 aromatic heterocycles. The molecule has 2 N–H and O–H groups in total. The first kappa shape index (κ1) is 16.5. The first-order valence-corrected chi connectivity index (χ1v) is 6.61. The third-order valence-corrected chi connectivity index (χ3v) is 2.66. The highest BCUT2D eigenvalue weighted by Crippen LogP contribution is 2.20. The van der Waals surface area contributed by atoms with Crippen LogP contribution in [0.15, 0.2) is 17.4 Å². The maximum Gasteiger partial charge on any atom is 0.405 e. The lowest BCUT2D eigenvalue weighted by molar-refractivity contribution is 0.0852. The van der Waals surface area contributed by atoms with E-state index in [9.17, 15) is 4.79 Å². The van der Waals surface area contributed by atoms with Gasteiger partial charge in [0.05, 0.1) is 16.1 Å². The molecule has 1 unspecified atom stereocenters. The number of nitrogens with zero attached hydrogens (tertiary/aromatic N) is 2. The highest BCUT2D eigenvalue weighted by Gasteiger charge is 2.20. The van der Waals surface area contributed by atoms with Crippen LogP contribution in [-0.4, -0.2) is 34.0 Å².